The first kappa shape index (κ1) is 17.0. The Kier molecular flexibility index (Phi) is 3.60. The maximum Gasteiger partial charge on any atom is 0.310 e. The zero-order valence-corrected chi connectivity index (χ0v) is 14.8. The Hall–Kier alpha value is -3.13. The van der Waals surface area contributed by atoms with Crippen molar-refractivity contribution < 1.29 is 38.4 Å². The van der Waals surface area contributed by atoms with Gasteiger partial charge >= 0.3 is 5.97 Å². The van der Waals surface area contributed by atoms with Gasteiger partial charge in [-0.2, -0.15) is 0 Å². The molecule has 2 aliphatic heterocycles. The Morgan fingerprint density at radius 1 is 1.04 bits per heavy atom. The van der Waals surface area contributed by atoms with Gasteiger partial charge in [0.1, 0.15) is 0 Å². The van der Waals surface area contributed by atoms with Gasteiger partial charge in [0.15, 0.2) is 17.3 Å². The molecule has 1 fully saturated rings. The van der Waals surface area contributed by atoms with Gasteiger partial charge in [-0.1, -0.05) is 0 Å². The summed E-state index contributed by atoms with van der Waals surface area (Å²) in [7, 11) is 1.31. The van der Waals surface area contributed by atoms with Crippen LogP contribution in [0, 0.1) is 11.8 Å². The molecule has 5 rings (SSSR count). The standard InChI is InChI=1S/C20H16O8/c1-25-15-3-8(2-12(21)19(15)23)16-9-4-13-14(28-7-27-13)5-10(9)18(22)11-6-26-20(24)17(11)16/h2-5,11,16-18,22H,6-7H2,1H3/t11-,16-,17-,18+/m1/s1. The smallest absolute Gasteiger partial charge is 0.310 e. The Morgan fingerprint density at radius 2 is 1.75 bits per heavy atom. The first-order valence-corrected chi connectivity index (χ1v) is 8.83. The van der Waals surface area contributed by atoms with Crippen LogP contribution in [0.2, 0.25) is 0 Å². The SMILES string of the molecule is COC1=CC([C@@H]2c3cc4c(cc3[C@H](O)[C@@H]3COC(=O)[C@H]32)OCO4)=CC(=O)C1=O. The number of allylic oxidation sites excluding steroid dienone is 4. The summed E-state index contributed by atoms with van der Waals surface area (Å²) in [6, 6.07) is 3.42. The number of aliphatic hydroxyl groups is 1. The Morgan fingerprint density at radius 3 is 2.46 bits per heavy atom. The van der Waals surface area contributed by atoms with Crippen LogP contribution >= 0.6 is 0 Å². The van der Waals surface area contributed by atoms with E-state index in [1.165, 1.54) is 19.3 Å². The van der Waals surface area contributed by atoms with Gasteiger partial charge in [-0.3, -0.25) is 14.4 Å². The fourth-order valence-electron chi connectivity index (χ4n) is 4.46. The lowest BCUT2D eigenvalue weighted by Gasteiger charge is -2.37. The minimum Gasteiger partial charge on any atom is -0.492 e. The first-order chi connectivity index (χ1) is 13.5. The molecule has 1 N–H and O–H groups in total. The molecule has 1 saturated heterocycles. The highest BCUT2D eigenvalue weighted by atomic mass is 16.7. The molecule has 0 amide bonds. The fraction of sp³-hybridized carbons (Fsp3) is 0.350. The van der Waals surface area contributed by atoms with Crippen LogP contribution in [0.5, 0.6) is 11.5 Å². The minimum absolute atomic E-state index is 0.0668. The zero-order chi connectivity index (χ0) is 19.6. The zero-order valence-electron chi connectivity index (χ0n) is 14.8. The lowest BCUT2D eigenvalue weighted by atomic mass is 9.65. The van der Waals surface area contributed by atoms with E-state index in [9.17, 15) is 19.5 Å². The summed E-state index contributed by atoms with van der Waals surface area (Å²) in [5.74, 6) is -2.73. The molecule has 0 unspecified atom stereocenters. The monoisotopic (exact) mass is 384 g/mol. The average Bonchev–Trinajstić information content (AvgIpc) is 3.30. The second-order valence-corrected chi connectivity index (χ2v) is 7.13. The largest absolute Gasteiger partial charge is 0.492 e. The van der Waals surface area contributed by atoms with Crippen LogP contribution in [0.15, 0.2) is 35.6 Å². The van der Waals surface area contributed by atoms with Crippen LogP contribution in [0.1, 0.15) is 23.1 Å². The van der Waals surface area contributed by atoms with Crippen molar-refractivity contribution in [2.75, 3.05) is 20.5 Å². The number of fused-ring (bicyclic) bond motifs is 3. The van der Waals surface area contributed by atoms with Crippen molar-refractivity contribution in [1.29, 1.82) is 0 Å². The number of benzene rings is 1. The molecule has 0 saturated carbocycles. The van der Waals surface area contributed by atoms with Crippen molar-refractivity contribution in [2.45, 2.75) is 12.0 Å². The van der Waals surface area contributed by atoms with Crippen molar-refractivity contribution in [3.8, 4) is 11.5 Å². The number of ketones is 2. The molecular weight excluding hydrogens is 368 g/mol. The van der Waals surface area contributed by atoms with Gasteiger partial charge in [0.05, 0.1) is 25.7 Å². The molecule has 8 heteroatoms. The normalized spacial score (nSPS) is 30.3. The Balaban J connectivity index is 1.72. The summed E-state index contributed by atoms with van der Waals surface area (Å²) in [4.78, 5) is 36.7. The summed E-state index contributed by atoms with van der Waals surface area (Å²) in [5.41, 5.74) is 1.69. The topological polar surface area (TPSA) is 108 Å². The number of hydrogen-bond donors (Lipinski definition) is 1. The molecule has 8 nitrogen and oxygen atoms in total. The molecular formula is C20H16O8. The van der Waals surface area contributed by atoms with E-state index in [1.807, 2.05) is 0 Å². The van der Waals surface area contributed by atoms with Crippen LogP contribution in [-0.4, -0.2) is 43.2 Å². The van der Waals surface area contributed by atoms with Gasteiger partial charge in [-0.25, -0.2) is 0 Å². The van der Waals surface area contributed by atoms with Crippen molar-refractivity contribution in [3.05, 3.63) is 46.7 Å². The lowest BCUT2D eigenvalue weighted by Crippen LogP contribution is -2.35. The highest BCUT2D eigenvalue weighted by Gasteiger charge is 2.52. The molecule has 4 aliphatic rings. The average molecular weight is 384 g/mol. The quantitative estimate of drug-likeness (QED) is 0.456. The first-order valence-electron chi connectivity index (χ1n) is 8.83. The van der Waals surface area contributed by atoms with E-state index in [4.69, 9.17) is 18.9 Å². The number of rotatable bonds is 2. The summed E-state index contributed by atoms with van der Waals surface area (Å²) < 4.78 is 21.2. The molecule has 2 aliphatic carbocycles. The van der Waals surface area contributed by atoms with Gasteiger partial charge < -0.3 is 24.1 Å². The Bertz CT molecular complexity index is 988. The molecule has 4 atom stereocenters. The molecule has 0 radical (unpaired) electrons. The van der Waals surface area contributed by atoms with Crippen molar-refractivity contribution in [3.63, 3.8) is 0 Å². The summed E-state index contributed by atoms with van der Waals surface area (Å²) >= 11 is 0. The van der Waals surface area contributed by atoms with Crippen molar-refractivity contribution in [2.24, 2.45) is 11.8 Å². The predicted molar refractivity (Wildman–Crippen MR) is 91.4 cm³/mol. The van der Waals surface area contributed by atoms with Gasteiger partial charge in [-0.15, -0.1) is 0 Å². The van der Waals surface area contributed by atoms with Crippen LogP contribution in [0.25, 0.3) is 0 Å². The minimum atomic E-state index is -0.926. The molecule has 28 heavy (non-hydrogen) atoms. The third kappa shape index (κ3) is 2.24. The second kappa shape index (κ2) is 5.93. The second-order valence-electron chi connectivity index (χ2n) is 7.13. The van der Waals surface area contributed by atoms with Crippen LogP contribution < -0.4 is 9.47 Å². The predicted octanol–water partition coefficient (Wildman–Crippen LogP) is 0.944. The number of ether oxygens (including phenoxy) is 4. The molecule has 144 valence electrons. The van der Waals surface area contributed by atoms with Crippen LogP contribution in [0.3, 0.4) is 0 Å². The third-order valence-corrected chi connectivity index (χ3v) is 5.77. The molecule has 1 aromatic carbocycles. The van der Waals surface area contributed by atoms with E-state index < -0.39 is 41.4 Å². The number of Topliss-reactive ketones (excluding diaryl/α,β-unsaturated/α-hetero) is 1. The van der Waals surface area contributed by atoms with E-state index in [2.05, 4.69) is 0 Å². The fourth-order valence-corrected chi connectivity index (χ4v) is 4.46. The van der Waals surface area contributed by atoms with E-state index in [-0.39, 0.29) is 19.2 Å². The number of hydrogen-bond acceptors (Lipinski definition) is 8. The summed E-state index contributed by atoms with van der Waals surface area (Å²) in [6.45, 7) is 0.146. The van der Waals surface area contributed by atoms with Gasteiger partial charge in [0, 0.05) is 11.8 Å². The number of carbonyl (C=O) groups is 3. The van der Waals surface area contributed by atoms with Gasteiger partial charge in [0.25, 0.3) is 5.78 Å². The summed E-state index contributed by atoms with van der Waals surface area (Å²) in [5, 5.41) is 10.9. The number of esters is 1. The maximum atomic E-state index is 12.5. The Labute approximate surface area is 159 Å². The van der Waals surface area contributed by atoms with Crippen molar-refractivity contribution in [1.82, 2.24) is 0 Å². The van der Waals surface area contributed by atoms with Crippen molar-refractivity contribution >= 4 is 17.5 Å². The molecule has 0 aromatic heterocycles. The van der Waals surface area contributed by atoms with E-state index in [0.717, 1.165) is 0 Å². The lowest BCUT2D eigenvalue weighted by molar-refractivity contribution is -0.141. The summed E-state index contributed by atoms with van der Waals surface area (Å²) in [6.07, 6.45) is 1.78. The number of carbonyl (C=O) groups excluding carboxylic acids is 3. The van der Waals surface area contributed by atoms with Crippen LogP contribution in [0.4, 0.5) is 0 Å². The third-order valence-electron chi connectivity index (χ3n) is 5.77. The number of methoxy groups -OCH3 is 1. The maximum absolute atomic E-state index is 12.5. The van der Waals surface area contributed by atoms with E-state index in [0.29, 0.717) is 28.2 Å². The van der Waals surface area contributed by atoms with E-state index >= 15 is 0 Å². The number of aliphatic hydroxyl groups excluding tert-OH is 1. The van der Waals surface area contributed by atoms with Gasteiger partial charge in [0.2, 0.25) is 12.6 Å². The van der Waals surface area contributed by atoms with Crippen LogP contribution in [-0.2, 0) is 23.9 Å². The molecule has 1 aromatic rings. The highest BCUT2D eigenvalue weighted by Crippen LogP contribution is 2.54. The van der Waals surface area contributed by atoms with E-state index in [1.54, 1.807) is 12.1 Å². The highest BCUT2D eigenvalue weighted by molar-refractivity contribution is 6.47. The number of cyclic esters (lactones) is 1. The van der Waals surface area contributed by atoms with Gasteiger partial charge in [-0.05, 0) is 41.0 Å². The molecule has 0 bridgehead atoms. The molecule has 0 spiro atoms. The molecule has 2 heterocycles.